The average molecular weight is 456 g/mol. The van der Waals surface area contributed by atoms with E-state index in [0.717, 1.165) is 17.3 Å². The summed E-state index contributed by atoms with van der Waals surface area (Å²) in [5, 5.41) is 15.2. The zero-order chi connectivity index (χ0) is 23.1. The predicted molar refractivity (Wildman–Crippen MR) is 117 cm³/mol. The number of nitro benzene ring substituents is 1. The summed E-state index contributed by atoms with van der Waals surface area (Å²) in [7, 11) is -2.57. The summed E-state index contributed by atoms with van der Waals surface area (Å²) in [5.74, 6) is 0.378. The highest BCUT2D eigenvalue weighted by molar-refractivity contribution is 7.89. The Hall–Kier alpha value is -3.99. The van der Waals surface area contributed by atoms with Gasteiger partial charge in [0.05, 0.1) is 34.8 Å². The van der Waals surface area contributed by atoms with E-state index < -0.39 is 14.9 Å². The van der Waals surface area contributed by atoms with E-state index in [2.05, 4.69) is 14.9 Å². The Balaban J connectivity index is 1.86. The zero-order valence-electron chi connectivity index (χ0n) is 17.3. The molecular weight excluding hydrogens is 436 g/mol. The first-order valence-corrected chi connectivity index (χ1v) is 10.8. The Bertz CT molecular complexity index is 1230. The van der Waals surface area contributed by atoms with Crippen molar-refractivity contribution < 1.29 is 22.8 Å². The molecule has 0 saturated heterocycles. The minimum Gasteiger partial charge on any atom is -0.493 e. The Morgan fingerprint density at radius 3 is 2.56 bits per heavy atom. The number of hydrazone groups is 1. The number of methoxy groups -OCH3 is 1. The van der Waals surface area contributed by atoms with E-state index in [9.17, 15) is 18.5 Å². The Morgan fingerprint density at radius 1 is 1.19 bits per heavy atom. The normalized spacial score (nSPS) is 11.3. The van der Waals surface area contributed by atoms with Crippen molar-refractivity contribution in [1.82, 2.24) is 9.82 Å². The van der Waals surface area contributed by atoms with Crippen LogP contribution >= 0.6 is 0 Å². The first kappa shape index (κ1) is 22.7. The lowest BCUT2D eigenvalue weighted by molar-refractivity contribution is -0.385. The number of nitrogens with one attached hydrogen (secondary N) is 1. The van der Waals surface area contributed by atoms with E-state index in [-0.39, 0.29) is 34.3 Å². The predicted octanol–water partition coefficient (Wildman–Crippen LogP) is 3.20. The minimum absolute atomic E-state index is 0.0185. The SMILES string of the molecule is COc1cc([N+](=O)[O-])c(C=NNS(=O)(=O)c2ccc(C)cc2)cc1OCc1cccnc1. The molecule has 166 valence electrons. The molecule has 0 fully saturated rings. The summed E-state index contributed by atoms with van der Waals surface area (Å²) in [6.45, 7) is 1.98. The third kappa shape index (κ3) is 5.58. The molecule has 10 nitrogen and oxygen atoms in total. The smallest absolute Gasteiger partial charge is 0.282 e. The largest absolute Gasteiger partial charge is 0.493 e. The van der Waals surface area contributed by atoms with Gasteiger partial charge < -0.3 is 9.47 Å². The van der Waals surface area contributed by atoms with Crippen molar-refractivity contribution in [2.45, 2.75) is 18.4 Å². The molecule has 11 heteroatoms. The number of benzene rings is 2. The van der Waals surface area contributed by atoms with E-state index in [1.54, 1.807) is 30.6 Å². The number of hydrogen-bond donors (Lipinski definition) is 1. The Kier molecular flexibility index (Phi) is 7.00. The van der Waals surface area contributed by atoms with Crippen LogP contribution in [0.5, 0.6) is 11.5 Å². The molecule has 0 spiro atoms. The van der Waals surface area contributed by atoms with Gasteiger partial charge in [-0.1, -0.05) is 23.8 Å². The van der Waals surface area contributed by atoms with Gasteiger partial charge in [0.25, 0.3) is 15.7 Å². The van der Waals surface area contributed by atoms with Gasteiger partial charge in [-0.15, -0.1) is 0 Å². The fourth-order valence-electron chi connectivity index (χ4n) is 2.68. The Morgan fingerprint density at radius 2 is 1.94 bits per heavy atom. The van der Waals surface area contributed by atoms with Gasteiger partial charge in [0, 0.05) is 18.0 Å². The van der Waals surface area contributed by atoms with Crippen LogP contribution < -0.4 is 14.3 Å². The zero-order valence-corrected chi connectivity index (χ0v) is 18.1. The highest BCUT2D eigenvalue weighted by Gasteiger charge is 2.19. The second-order valence-electron chi connectivity index (χ2n) is 6.63. The molecule has 1 aromatic heterocycles. The number of pyridine rings is 1. The molecule has 0 aliphatic heterocycles. The molecule has 32 heavy (non-hydrogen) atoms. The highest BCUT2D eigenvalue weighted by Crippen LogP contribution is 2.34. The molecule has 0 unspecified atom stereocenters. The van der Waals surface area contributed by atoms with E-state index in [0.29, 0.717) is 0 Å². The monoisotopic (exact) mass is 456 g/mol. The van der Waals surface area contributed by atoms with Crippen molar-refractivity contribution in [3.8, 4) is 11.5 Å². The van der Waals surface area contributed by atoms with Gasteiger partial charge >= 0.3 is 0 Å². The highest BCUT2D eigenvalue weighted by atomic mass is 32.2. The van der Waals surface area contributed by atoms with Crippen molar-refractivity contribution in [2.75, 3.05) is 7.11 Å². The molecule has 0 radical (unpaired) electrons. The molecule has 3 rings (SSSR count). The quantitative estimate of drug-likeness (QED) is 0.297. The van der Waals surface area contributed by atoms with Crippen LogP contribution in [0.25, 0.3) is 0 Å². The molecular formula is C21H20N4O6S. The van der Waals surface area contributed by atoms with E-state index in [4.69, 9.17) is 9.47 Å². The molecule has 1 heterocycles. The standard InChI is InChI=1S/C21H20N4O6S/c1-15-5-7-18(8-6-15)32(28,29)24-23-13-17-10-21(20(30-2)11-19(17)25(26)27)31-14-16-4-3-9-22-12-16/h3-13,24H,14H2,1-2H3. The minimum atomic E-state index is -3.93. The third-order valence-electron chi connectivity index (χ3n) is 4.33. The van der Waals surface area contributed by atoms with Crippen LogP contribution in [0.3, 0.4) is 0 Å². The van der Waals surface area contributed by atoms with Gasteiger partial charge in [-0.2, -0.15) is 13.5 Å². The van der Waals surface area contributed by atoms with E-state index >= 15 is 0 Å². The van der Waals surface area contributed by atoms with Crippen LogP contribution in [0.1, 0.15) is 16.7 Å². The average Bonchev–Trinajstić information content (AvgIpc) is 2.78. The fraction of sp³-hybridized carbons (Fsp3) is 0.143. The molecule has 0 bridgehead atoms. The molecule has 0 aliphatic carbocycles. The first-order valence-electron chi connectivity index (χ1n) is 9.30. The summed E-state index contributed by atoms with van der Waals surface area (Å²) in [4.78, 5) is 16.9. The van der Waals surface area contributed by atoms with Gasteiger partial charge in [-0.05, 0) is 31.2 Å². The molecule has 3 aromatic rings. The summed E-state index contributed by atoms with van der Waals surface area (Å²) in [6, 6.07) is 12.3. The van der Waals surface area contributed by atoms with Crippen LogP contribution in [0.2, 0.25) is 0 Å². The van der Waals surface area contributed by atoms with Gasteiger partial charge in [0.2, 0.25) is 0 Å². The van der Waals surface area contributed by atoms with Crippen molar-refractivity contribution in [3.05, 3.63) is 87.7 Å². The molecule has 2 aromatic carbocycles. The number of rotatable bonds is 9. The molecule has 1 N–H and O–H groups in total. The molecule has 0 amide bonds. The van der Waals surface area contributed by atoms with Crippen LogP contribution in [-0.2, 0) is 16.6 Å². The van der Waals surface area contributed by atoms with Gasteiger partial charge in [-0.3, -0.25) is 15.1 Å². The number of nitro groups is 1. The van der Waals surface area contributed by atoms with Crippen LogP contribution in [-0.4, -0.2) is 31.6 Å². The molecule has 0 aliphatic rings. The lowest BCUT2D eigenvalue weighted by atomic mass is 10.1. The van der Waals surface area contributed by atoms with Crippen LogP contribution in [0, 0.1) is 17.0 Å². The molecule has 0 atom stereocenters. The summed E-state index contributed by atoms with van der Waals surface area (Å²) < 4.78 is 35.7. The van der Waals surface area contributed by atoms with Crippen molar-refractivity contribution in [3.63, 3.8) is 0 Å². The van der Waals surface area contributed by atoms with E-state index in [1.807, 2.05) is 13.0 Å². The summed E-state index contributed by atoms with van der Waals surface area (Å²) >= 11 is 0. The topological polar surface area (TPSA) is 133 Å². The van der Waals surface area contributed by atoms with Crippen molar-refractivity contribution in [2.24, 2.45) is 5.10 Å². The Labute approximate surface area is 184 Å². The van der Waals surface area contributed by atoms with Crippen molar-refractivity contribution in [1.29, 1.82) is 0 Å². The van der Waals surface area contributed by atoms with Gasteiger partial charge in [0.15, 0.2) is 11.5 Å². The maximum absolute atomic E-state index is 12.4. The van der Waals surface area contributed by atoms with Crippen molar-refractivity contribution >= 4 is 21.9 Å². The number of hydrogen-bond acceptors (Lipinski definition) is 8. The van der Waals surface area contributed by atoms with Crippen LogP contribution in [0.4, 0.5) is 5.69 Å². The number of nitrogens with zero attached hydrogens (tertiary/aromatic N) is 3. The summed E-state index contributed by atoms with van der Waals surface area (Å²) in [5.41, 5.74) is 1.39. The number of ether oxygens (including phenoxy) is 2. The first-order chi connectivity index (χ1) is 15.3. The fourth-order valence-corrected chi connectivity index (χ4v) is 3.47. The number of sulfonamides is 1. The maximum Gasteiger partial charge on any atom is 0.282 e. The van der Waals surface area contributed by atoms with Gasteiger partial charge in [0.1, 0.15) is 6.61 Å². The number of aromatic nitrogens is 1. The second-order valence-corrected chi connectivity index (χ2v) is 8.30. The third-order valence-corrected chi connectivity index (χ3v) is 5.57. The second kappa shape index (κ2) is 9.88. The summed E-state index contributed by atoms with van der Waals surface area (Å²) in [6.07, 6.45) is 4.29. The lowest BCUT2D eigenvalue weighted by Gasteiger charge is -2.12. The maximum atomic E-state index is 12.4. The molecule has 0 saturated carbocycles. The lowest BCUT2D eigenvalue weighted by Crippen LogP contribution is -2.18. The number of aryl methyl sites for hydroxylation is 1. The van der Waals surface area contributed by atoms with Crippen LogP contribution in [0.15, 0.2) is 70.9 Å². The van der Waals surface area contributed by atoms with Gasteiger partial charge in [-0.25, -0.2) is 4.83 Å². The van der Waals surface area contributed by atoms with E-state index in [1.165, 1.54) is 31.4 Å².